The van der Waals surface area contributed by atoms with Gasteiger partial charge in [0.25, 0.3) is 0 Å². The molecule has 0 aliphatic carbocycles. The van der Waals surface area contributed by atoms with Crippen molar-refractivity contribution in [2.24, 2.45) is 0 Å². The van der Waals surface area contributed by atoms with Crippen molar-refractivity contribution in [3.8, 4) is 5.75 Å². The van der Waals surface area contributed by atoms with Gasteiger partial charge in [-0.2, -0.15) is 18.2 Å². The largest absolute Gasteiger partial charge is 0.490 e. The number of aliphatic hydroxyl groups is 2. The summed E-state index contributed by atoms with van der Waals surface area (Å²) in [5, 5.41) is 31.3. The summed E-state index contributed by atoms with van der Waals surface area (Å²) >= 11 is 5.84. The van der Waals surface area contributed by atoms with Crippen LogP contribution in [0.5, 0.6) is 5.75 Å². The molecule has 2 heterocycles. The predicted octanol–water partition coefficient (Wildman–Crippen LogP) is 1.09. The second-order valence-electron chi connectivity index (χ2n) is 8.29. The Hall–Kier alpha value is -3.25. The molecule has 0 saturated carbocycles. The molecular formula is C21H25ClF3N4O11P. The number of rotatable bonds is 9. The van der Waals surface area contributed by atoms with Crippen molar-refractivity contribution in [1.29, 1.82) is 0 Å². The number of aromatic nitrogens is 2. The van der Waals surface area contributed by atoms with E-state index in [4.69, 9.17) is 41.0 Å². The van der Waals surface area contributed by atoms with Gasteiger partial charge in [0.05, 0.1) is 13.7 Å². The summed E-state index contributed by atoms with van der Waals surface area (Å²) in [6, 6.07) is 7.17. The number of benzene rings is 1. The summed E-state index contributed by atoms with van der Waals surface area (Å²) in [6.07, 6.45) is -7.99. The van der Waals surface area contributed by atoms with E-state index in [1.807, 2.05) is 0 Å². The van der Waals surface area contributed by atoms with E-state index in [1.165, 1.54) is 43.5 Å². The van der Waals surface area contributed by atoms with Crippen LogP contribution in [0.25, 0.3) is 0 Å². The zero-order valence-corrected chi connectivity index (χ0v) is 22.8. The van der Waals surface area contributed by atoms with E-state index in [9.17, 15) is 37.5 Å². The number of carboxylic acids is 1. The van der Waals surface area contributed by atoms with E-state index in [-0.39, 0.29) is 11.6 Å². The molecule has 20 heteroatoms. The van der Waals surface area contributed by atoms with Crippen LogP contribution in [0.1, 0.15) is 13.2 Å². The molecule has 5 atom stereocenters. The van der Waals surface area contributed by atoms with Crippen LogP contribution in [0.4, 0.5) is 19.0 Å². The Bertz CT molecular complexity index is 1330. The maximum absolute atomic E-state index is 13.3. The molecule has 1 fully saturated rings. The lowest BCUT2D eigenvalue weighted by Crippen LogP contribution is -2.46. The second-order valence-corrected chi connectivity index (χ2v) is 10.5. The molecule has 3 rings (SSSR count). The van der Waals surface area contributed by atoms with E-state index in [2.05, 4.69) is 14.8 Å². The quantitative estimate of drug-likeness (QED) is 0.193. The molecule has 15 nitrogen and oxygen atoms in total. The highest BCUT2D eigenvalue weighted by Crippen LogP contribution is 2.46. The SMILES string of the molecule is COC(=O)CNP(=O)(OC[C@H]1O[C@@H](n2ccc(N)nc2=O)[C@](C)(O)[C@@H]1O)Oc1ccc(Cl)cc1.O=C(O)C(F)(F)F. The van der Waals surface area contributed by atoms with Gasteiger partial charge in [-0.15, -0.1) is 0 Å². The number of hydrogen-bond acceptors (Lipinski definition) is 12. The standard InChI is InChI=1S/C19H24ClN4O9P.C2HF3O2/c1-19(28)16(26)13(32-17(19)24-8-7-14(21)23-18(24)27)10-31-34(29,22-9-15(25)30-2)33-12-5-3-11(20)4-6-12;3-2(4,5)1(6)7/h3-8,13,16-17,26,28H,9-10H2,1-2H3,(H,22,29)(H2,21,23,27);(H,6,7)/t13-,16-,17-,19-,34?;/m1./s1. The van der Waals surface area contributed by atoms with Gasteiger partial charge in [0.15, 0.2) is 6.23 Å². The number of halogens is 4. The van der Waals surface area contributed by atoms with Crippen molar-refractivity contribution in [1.82, 2.24) is 14.6 Å². The van der Waals surface area contributed by atoms with Crippen molar-refractivity contribution in [2.75, 3.05) is 26.0 Å². The Kier molecular flexibility index (Phi) is 11.3. The molecule has 0 radical (unpaired) electrons. The summed E-state index contributed by atoms with van der Waals surface area (Å²) in [4.78, 5) is 36.2. The highest BCUT2D eigenvalue weighted by molar-refractivity contribution is 7.52. The number of anilines is 1. The number of nitrogens with one attached hydrogen (secondary N) is 1. The van der Waals surface area contributed by atoms with Gasteiger partial charge in [0, 0.05) is 11.2 Å². The molecule has 0 amide bonds. The summed E-state index contributed by atoms with van der Waals surface area (Å²) < 4.78 is 67.0. The number of carbonyl (C=O) groups excluding carboxylic acids is 1. The normalized spacial score (nSPS) is 23.6. The Morgan fingerprint density at radius 2 is 1.88 bits per heavy atom. The van der Waals surface area contributed by atoms with Crippen LogP contribution in [0, 0.1) is 0 Å². The number of carbonyl (C=O) groups is 2. The van der Waals surface area contributed by atoms with Gasteiger partial charge in [-0.3, -0.25) is 13.9 Å². The molecule has 1 aromatic carbocycles. The zero-order chi connectivity index (χ0) is 31.2. The average molecular weight is 633 g/mol. The molecule has 228 valence electrons. The number of nitrogen functional groups attached to an aromatic ring is 1. The smallest absolute Gasteiger partial charge is 0.475 e. The Labute approximate surface area is 234 Å². The molecule has 1 saturated heterocycles. The summed E-state index contributed by atoms with van der Waals surface area (Å²) in [7, 11) is -3.07. The number of alkyl halides is 3. The first-order valence-corrected chi connectivity index (χ1v) is 13.0. The van der Waals surface area contributed by atoms with Crippen molar-refractivity contribution in [3.63, 3.8) is 0 Å². The van der Waals surface area contributed by atoms with E-state index >= 15 is 0 Å². The monoisotopic (exact) mass is 632 g/mol. The lowest BCUT2D eigenvalue weighted by atomic mass is 9.96. The number of nitrogens with zero attached hydrogens (tertiary/aromatic N) is 2. The minimum absolute atomic E-state index is 0.0312. The number of hydrogen-bond donors (Lipinski definition) is 5. The number of aliphatic carboxylic acids is 1. The Morgan fingerprint density at radius 3 is 2.39 bits per heavy atom. The lowest BCUT2D eigenvalue weighted by molar-refractivity contribution is -0.192. The molecule has 0 spiro atoms. The molecule has 41 heavy (non-hydrogen) atoms. The van der Waals surface area contributed by atoms with Crippen LogP contribution in [0.15, 0.2) is 41.3 Å². The average Bonchev–Trinajstić information content (AvgIpc) is 3.11. The summed E-state index contributed by atoms with van der Waals surface area (Å²) in [6.45, 7) is 0.191. The number of nitrogens with two attached hydrogens (primary N) is 1. The minimum Gasteiger partial charge on any atom is -0.475 e. The fourth-order valence-corrected chi connectivity index (χ4v) is 4.53. The molecule has 6 N–H and O–H groups in total. The Balaban J connectivity index is 0.000000745. The maximum Gasteiger partial charge on any atom is 0.490 e. The fourth-order valence-electron chi connectivity index (χ4n) is 3.13. The molecule has 1 aliphatic heterocycles. The number of esters is 1. The van der Waals surface area contributed by atoms with Crippen LogP contribution < -0.4 is 21.0 Å². The van der Waals surface area contributed by atoms with Gasteiger partial charge in [0.1, 0.15) is 35.9 Å². The van der Waals surface area contributed by atoms with Crippen molar-refractivity contribution in [2.45, 2.75) is 37.1 Å². The van der Waals surface area contributed by atoms with Crippen LogP contribution >= 0.6 is 19.3 Å². The lowest BCUT2D eigenvalue weighted by Gasteiger charge is -2.27. The highest BCUT2D eigenvalue weighted by Gasteiger charge is 2.54. The first-order chi connectivity index (χ1) is 18.9. The van der Waals surface area contributed by atoms with Crippen molar-refractivity contribution >= 4 is 37.1 Å². The van der Waals surface area contributed by atoms with Gasteiger partial charge < -0.3 is 35.1 Å². The van der Waals surface area contributed by atoms with Gasteiger partial charge in [-0.05, 0) is 37.3 Å². The van der Waals surface area contributed by atoms with Crippen LogP contribution in [0.2, 0.25) is 5.02 Å². The molecular weight excluding hydrogens is 608 g/mol. The first-order valence-electron chi connectivity index (χ1n) is 11.1. The van der Waals surface area contributed by atoms with Crippen molar-refractivity contribution < 1.29 is 61.2 Å². The molecule has 1 aromatic heterocycles. The highest BCUT2D eigenvalue weighted by atomic mass is 35.5. The Morgan fingerprint density at radius 1 is 1.29 bits per heavy atom. The van der Waals surface area contributed by atoms with E-state index in [0.29, 0.717) is 5.02 Å². The van der Waals surface area contributed by atoms with E-state index in [0.717, 1.165) is 11.7 Å². The van der Waals surface area contributed by atoms with Crippen LogP contribution in [-0.4, -0.2) is 81.1 Å². The predicted molar refractivity (Wildman–Crippen MR) is 133 cm³/mol. The zero-order valence-electron chi connectivity index (χ0n) is 21.1. The third-order valence-corrected chi connectivity index (χ3v) is 6.93. The van der Waals surface area contributed by atoms with Gasteiger partial charge >= 0.3 is 31.6 Å². The topological polar surface area (TPSA) is 222 Å². The van der Waals surface area contributed by atoms with Crippen LogP contribution in [-0.2, 0) is 28.2 Å². The third kappa shape index (κ3) is 9.39. The third-order valence-electron chi connectivity index (χ3n) is 5.19. The molecule has 2 aromatic rings. The molecule has 1 unspecified atom stereocenters. The number of ether oxygens (including phenoxy) is 2. The maximum atomic E-state index is 13.3. The van der Waals surface area contributed by atoms with Gasteiger partial charge in [-0.25, -0.2) is 19.2 Å². The summed E-state index contributed by atoms with van der Waals surface area (Å²) in [5.74, 6) is -3.41. The van der Waals surface area contributed by atoms with E-state index < -0.39 is 68.7 Å². The van der Waals surface area contributed by atoms with Crippen LogP contribution in [0.3, 0.4) is 0 Å². The van der Waals surface area contributed by atoms with Crippen molar-refractivity contribution in [3.05, 3.63) is 52.0 Å². The fraction of sp³-hybridized carbons (Fsp3) is 0.429. The van der Waals surface area contributed by atoms with E-state index in [1.54, 1.807) is 0 Å². The number of aliphatic hydroxyl groups excluding tert-OH is 1. The summed E-state index contributed by atoms with van der Waals surface area (Å²) in [5.41, 5.74) is 2.73. The first kappa shape index (κ1) is 34.0. The molecule has 1 aliphatic rings. The van der Waals surface area contributed by atoms with Gasteiger partial charge in [0.2, 0.25) is 0 Å². The number of carboxylic acid groups (broad SMARTS) is 1. The minimum atomic E-state index is -5.08. The number of methoxy groups -OCH3 is 1. The second kappa shape index (κ2) is 13.6. The molecule has 0 bridgehead atoms. The van der Waals surface area contributed by atoms with Gasteiger partial charge in [-0.1, -0.05) is 11.6 Å².